The van der Waals surface area contributed by atoms with E-state index in [2.05, 4.69) is 15.3 Å². The van der Waals surface area contributed by atoms with Crippen molar-refractivity contribution in [3.05, 3.63) is 77.9 Å². The van der Waals surface area contributed by atoms with Gasteiger partial charge in [0.05, 0.1) is 6.04 Å². The van der Waals surface area contributed by atoms with Gasteiger partial charge >= 0.3 is 0 Å². The number of aromatic nitrogens is 3. The summed E-state index contributed by atoms with van der Waals surface area (Å²) < 4.78 is 0. The molecule has 2 heterocycles. The normalized spacial score (nSPS) is 15.8. The number of carbonyl (C=O) groups is 1. The van der Waals surface area contributed by atoms with Gasteiger partial charge in [-0.2, -0.15) is 0 Å². The van der Waals surface area contributed by atoms with Crippen LogP contribution >= 0.6 is 0 Å². The fourth-order valence-corrected chi connectivity index (χ4v) is 3.50. The predicted octanol–water partition coefficient (Wildman–Crippen LogP) is 3.67. The van der Waals surface area contributed by atoms with E-state index in [1.807, 2.05) is 48.7 Å². The van der Waals surface area contributed by atoms with Crippen molar-refractivity contribution in [2.75, 3.05) is 0 Å². The van der Waals surface area contributed by atoms with Crippen LogP contribution in [0.1, 0.15) is 42.1 Å². The Hall–Kier alpha value is -3.08. The Morgan fingerprint density at radius 1 is 1.11 bits per heavy atom. The molecule has 1 atom stereocenters. The number of nitrogens with zero attached hydrogens (tertiary/aromatic N) is 3. The van der Waals surface area contributed by atoms with Gasteiger partial charge in [-0.3, -0.25) is 9.78 Å². The molecule has 1 aliphatic carbocycles. The van der Waals surface area contributed by atoms with Crippen molar-refractivity contribution in [2.45, 2.75) is 38.1 Å². The molecule has 0 saturated heterocycles. The number of aryl methyl sites for hydroxylation is 2. The highest BCUT2D eigenvalue weighted by molar-refractivity contribution is 5.76. The van der Waals surface area contributed by atoms with E-state index in [9.17, 15) is 4.79 Å². The maximum absolute atomic E-state index is 12.4. The van der Waals surface area contributed by atoms with Crippen molar-refractivity contribution in [1.29, 1.82) is 0 Å². The van der Waals surface area contributed by atoms with E-state index in [0.29, 0.717) is 6.42 Å². The van der Waals surface area contributed by atoms with Gasteiger partial charge in [-0.25, -0.2) is 9.97 Å². The summed E-state index contributed by atoms with van der Waals surface area (Å²) in [6.45, 7) is 0. The Morgan fingerprint density at radius 2 is 1.93 bits per heavy atom. The molecule has 1 N–H and O–H groups in total. The van der Waals surface area contributed by atoms with Crippen LogP contribution in [0.15, 0.2) is 61.1 Å². The minimum atomic E-state index is 0.00325. The average Bonchev–Trinajstić information content (AvgIpc) is 2.73. The molecule has 3 aromatic rings. The van der Waals surface area contributed by atoms with E-state index in [4.69, 9.17) is 4.98 Å². The molecule has 2 aromatic heterocycles. The van der Waals surface area contributed by atoms with Crippen LogP contribution in [0.25, 0.3) is 11.4 Å². The number of benzene rings is 1. The highest BCUT2D eigenvalue weighted by atomic mass is 16.1. The Labute approximate surface area is 158 Å². The average molecular weight is 358 g/mol. The summed E-state index contributed by atoms with van der Waals surface area (Å²) >= 11 is 0. The number of nitrogens with one attached hydrogen (secondary N) is 1. The van der Waals surface area contributed by atoms with Crippen LogP contribution in [0.2, 0.25) is 0 Å². The zero-order valence-electron chi connectivity index (χ0n) is 15.1. The third kappa shape index (κ3) is 4.19. The number of hydrogen-bond donors (Lipinski definition) is 1. The van der Waals surface area contributed by atoms with Gasteiger partial charge in [-0.1, -0.05) is 30.3 Å². The van der Waals surface area contributed by atoms with Crippen molar-refractivity contribution in [3.63, 3.8) is 0 Å². The molecule has 1 aliphatic rings. The standard InChI is InChI=1S/C22H22N4O/c27-21(10-9-16-11-13-23-14-12-16)25-19-7-4-8-20-18(19)15-24-22(26-20)17-5-2-1-3-6-17/h1-3,5-6,11-15,19H,4,7-10H2,(H,25,27). The quantitative estimate of drug-likeness (QED) is 0.756. The molecule has 27 heavy (non-hydrogen) atoms. The SMILES string of the molecule is O=C(CCc1ccncc1)NC1CCCc2nc(-c3ccccc3)ncc21. The lowest BCUT2D eigenvalue weighted by Crippen LogP contribution is -2.31. The fraction of sp³-hybridized carbons (Fsp3) is 0.273. The van der Waals surface area contributed by atoms with Crippen LogP contribution in [0.4, 0.5) is 0 Å². The van der Waals surface area contributed by atoms with Crippen molar-refractivity contribution >= 4 is 5.91 Å². The first-order valence-electron chi connectivity index (χ1n) is 9.39. The lowest BCUT2D eigenvalue weighted by molar-refractivity contribution is -0.121. The monoisotopic (exact) mass is 358 g/mol. The Morgan fingerprint density at radius 3 is 2.74 bits per heavy atom. The van der Waals surface area contributed by atoms with E-state index in [1.165, 1.54) is 0 Å². The number of pyridine rings is 1. The van der Waals surface area contributed by atoms with Gasteiger partial charge in [0.15, 0.2) is 5.82 Å². The fourth-order valence-electron chi connectivity index (χ4n) is 3.50. The molecule has 136 valence electrons. The Bertz CT molecular complexity index is 912. The van der Waals surface area contributed by atoms with Crippen molar-refractivity contribution in [3.8, 4) is 11.4 Å². The maximum Gasteiger partial charge on any atom is 0.220 e. The molecular formula is C22H22N4O. The molecule has 1 amide bonds. The van der Waals surface area contributed by atoms with Crippen LogP contribution in [-0.4, -0.2) is 20.9 Å². The summed E-state index contributed by atoms with van der Waals surface area (Å²) in [6.07, 6.45) is 9.48. The molecule has 0 bridgehead atoms. The largest absolute Gasteiger partial charge is 0.349 e. The van der Waals surface area contributed by atoms with E-state index in [-0.39, 0.29) is 11.9 Å². The highest BCUT2D eigenvalue weighted by Crippen LogP contribution is 2.29. The number of carbonyl (C=O) groups excluding carboxylic acids is 1. The van der Waals surface area contributed by atoms with Gasteiger partial charge in [0.2, 0.25) is 5.91 Å². The topological polar surface area (TPSA) is 67.8 Å². The molecule has 0 saturated carbocycles. The van der Waals surface area contributed by atoms with Gasteiger partial charge in [-0.05, 0) is 43.4 Å². The summed E-state index contributed by atoms with van der Waals surface area (Å²) in [5.74, 6) is 0.816. The first-order valence-corrected chi connectivity index (χ1v) is 9.39. The second-order valence-electron chi connectivity index (χ2n) is 6.83. The van der Waals surface area contributed by atoms with E-state index < -0.39 is 0 Å². The maximum atomic E-state index is 12.4. The van der Waals surface area contributed by atoms with Crippen LogP contribution < -0.4 is 5.32 Å². The molecule has 0 radical (unpaired) electrons. The van der Waals surface area contributed by atoms with Gasteiger partial charge in [-0.15, -0.1) is 0 Å². The van der Waals surface area contributed by atoms with Crippen LogP contribution in [0, 0.1) is 0 Å². The number of rotatable bonds is 5. The van der Waals surface area contributed by atoms with E-state index in [0.717, 1.165) is 53.9 Å². The molecule has 4 rings (SSSR count). The van der Waals surface area contributed by atoms with Gasteiger partial charge in [0, 0.05) is 41.8 Å². The Balaban J connectivity index is 1.44. The van der Waals surface area contributed by atoms with E-state index >= 15 is 0 Å². The summed E-state index contributed by atoms with van der Waals surface area (Å²) in [7, 11) is 0. The second kappa shape index (κ2) is 8.08. The van der Waals surface area contributed by atoms with Crippen LogP contribution in [0.5, 0.6) is 0 Å². The first-order chi connectivity index (χ1) is 13.3. The smallest absolute Gasteiger partial charge is 0.220 e. The zero-order chi connectivity index (χ0) is 18.5. The van der Waals surface area contributed by atoms with Gasteiger partial charge in [0.25, 0.3) is 0 Å². The summed E-state index contributed by atoms with van der Waals surface area (Å²) in [4.78, 5) is 25.7. The van der Waals surface area contributed by atoms with Crippen molar-refractivity contribution in [1.82, 2.24) is 20.3 Å². The zero-order valence-corrected chi connectivity index (χ0v) is 15.1. The Kier molecular flexibility index (Phi) is 5.19. The van der Waals surface area contributed by atoms with Gasteiger partial charge < -0.3 is 5.32 Å². The lowest BCUT2D eigenvalue weighted by atomic mass is 9.92. The third-order valence-electron chi connectivity index (χ3n) is 4.94. The number of fused-ring (bicyclic) bond motifs is 1. The predicted molar refractivity (Wildman–Crippen MR) is 104 cm³/mol. The lowest BCUT2D eigenvalue weighted by Gasteiger charge is -2.25. The van der Waals surface area contributed by atoms with Gasteiger partial charge in [0.1, 0.15) is 0 Å². The second-order valence-corrected chi connectivity index (χ2v) is 6.83. The molecule has 1 unspecified atom stereocenters. The molecule has 5 nitrogen and oxygen atoms in total. The van der Waals surface area contributed by atoms with Crippen molar-refractivity contribution in [2.24, 2.45) is 0 Å². The third-order valence-corrected chi connectivity index (χ3v) is 4.94. The summed E-state index contributed by atoms with van der Waals surface area (Å²) in [5.41, 5.74) is 4.25. The minimum Gasteiger partial charge on any atom is -0.349 e. The molecule has 0 aliphatic heterocycles. The summed E-state index contributed by atoms with van der Waals surface area (Å²) in [5, 5.41) is 3.17. The molecule has 1 aromatic carbocycles. The molecular weight excluding hydrogens is 336 g/mol. The summed E-state index contributed by atoms with van der Waals surface area (Å²) in [6, 6.07) is 13.9. The number of hydrogen-bond acceptors (Lipinski definition) is 4. The van der Waals surface area contributed by atoms with E-state index in [1.54, 1.807) is 12.4 Å². The molecule has 0 fully saturated rings. The highest BCUT2D eigenvalue weighted by Gasteiger charge is 2.23. The molecule has 0 spiro atoms. The molecule has 5 heteroatoms. The number of amides is 1. The van der Waals surface area contributed by atoms with Crippen LogP contribution in [0.3, 0.4) is 0 Å². The minimum absolute atomic E-state index is 0.00325. The first kappa shape index (κ1) is 17.3. The van der Waals surface area contributed by atoms with Crippen LogP contribution in [-0.2, 0) is 17.6 Å². The van der Waals surface area contributed by atoms with Crippen molar-refractivity contribution < 1.29 is 4.79 Å².